The van der Waals surface area contributed by atoms with Crippen LogP contribution in [-0.4, -0.2) is 38.2 Å². The van der Waals surface area contributed by atoms with Gasteiger partial charge in [-0.25, -0.2) is 0 Å². The molecule has 0 bridgehead atoms. The van der Waals surface area contributed by atoms with E-state index in [1.807, 2.05) is 24.3 Å². The minimum Gasteiger partial charge on any atom is -0.454 e. The Morgan fingerprint density at radius 2 is 1.74 bits per heavy atom. The van der Waals surface area contributed by atoms with Crippen molar-refractivity contribution < 1.29 is 19.1 Å². The summed E-state index contributed by atoms with van der Waals surface area (Å²) in [5, 5.41) is 3.10. The molecule has 5 rings (SSSR count). The Balaban J connectivity index is 1.29. The Morgan fingerprint density at radius 3 is 2.58 bits per heavy atom. The van der Waals surface area contributed by atoms with Crippen molar-refractivity contribution in [1.29, 1.82) is 0 Å². The highest BCUT2D eigenvalue weighted by atomic mass is 16.7. The predicted octanol–water partition coefficient (Wildman–Crippen LogP) is 3.79. The number of nitrogens with zero attached hydrogens (tertiary/aromatic N) is 2. The molecule has 2 amide bonds. The highest BCUT2D eigenvalue weighted by molar-refractivity contribution is 6.04. The Kier molecular flexibility index (Phi) is 5.40. The fraction of sp³-hybridized carbons (Fsp3) is 0.417. The van der Waals surface area contributed by atoms with E-state index >= 15 is 0 Å². The average Bonchev–Trinajstić information content (AvgIpc) is 3.31. The number of para-hydroxylation sites is 2. The van der Waals surface area contributed by atoms with Gasteiger partial charge in [0.1, 0.15) is 0 Å². The molecule has 7 nitrogen and oxygen atoms in total. The maximum Gasteiger partial charge on any atom is 0.231 e. The summed E-state index contributed by atoms with van der Waals surface area (Å²) >= 11 is 0. The molecule has 0 spiro atoms. The standard InChI is InChI=1S/C24H27N3O4/c28-23-13-17(15-27(23)18-9-10-21-22(14-18)31-16-30-21)24(29)25-19-7-3-4-8-20(19)26-11-5-1-2-6-12-26/h3-4,7-10,14,17H,1-2,5-6,11-13,15-16H2,(H,25,29). The third-order valence-corrected chi connectivity index (χ3v) is 6.27. The summed E-state index contributed by atoms with van der Waals surface area (Å²) in [7, 11) is 0. The lowest BCUT2D eigenvalue weighted by Crippen LogP contribution is -2.29. The van der Waals surface area contributed by atoms with E-state index in [4.69, 9.17) is 9.47 Å². The van der Waals surface area contributed by atoms with Gasteiger partial charge in [0.15, 0.2) is 11.5 Å². The summed E-state index contributed by atoms with van der Waals surface area (Å²) in [5.41, 5.74) is 2.62. The van der Waals surface area contributed by atoms with Crippen molar-refractivity contribution in [1.82, 2.24) is 0 Å². The molecular formula is C24H27N3O4. The quantitative estimate of drug-likeness (QED) is 0.813. The van der Waals surface area contributed by atoms with Crippen LogP contribution in [0.4, 0.5) is 17.1 Å². The number of carbonyl (C=O) groups excluding carboxylic acids is 2. The summed E-state index contributed by atoms with van der Waals surface area (Å²) < 4.78 is 10.8. The zero-order valence-corrected chi connectivity index (χ0v) is 17.5. The number of fused-ring (bicyclic) bond motifs is 1. The van der Waals surface area contributed by atoms with Crippen molar-refractivity contribution in [2.75, 3.05) is 41.5 Å². The number of hydrogen-bond acceptors (Lipinski definition) is 5. The third kappa shape index (κ3) is 4.04. The van der Waals surface area contributed by atoms with Gasteiger partial charge in [-0.1, -0.05) is 25.0 Å². The van der Waals surface area contributed by atoms with Gasteiger partial charge in [0.25, 0.3) is 0 Å². The van der Waals surface area contributed by atoms with Gasteiger partial charge >= 0.3 is 0 Å². The first-order valence-corrected chi connectivity index (χ1v) is 11.0. The number of nitrogens with one attached hydrogen (secondary N) is 1. The van der Waals surface area contributed by atoms with Crippen molar-refractivity contribution in [3.63, 3.8) is 0 Å². The first-order chi connectivity index (χ1) is 15.2. The SMILES string of the molecule is O=C(Nc1ccccc1N1CCCCCC1)C1CC(=O)N(c2ccc3c(c2)OCO3)C1. The molecule has 31 heavy (non-hydrogen) atoms. The van der Waals surface area contributed by atoms with Gasteiger partial charge < -0.3 is 24.6 Å². The third-order valence-electron chi connectivity index (χ3n) is 6.27. The topological polar surface area (TPSA) is 71.1 Å². The normalized spacial score (nSPS) is 20.6. The summed E-state index contributed by atoms with van der Waals surface area (Å²) in [6, 6.07) is 13.4. The molecule has 2 fully saturated rings. The van der Waals surface area contributed by atoms with E-state index < -0.39 is 5.92 Å². The van der Waals surface area contributed by atoms with E-state index in [-0.39, 0.29) is 25.0 Å². The lowest BCUT2D eigenvalue weighted by molar-refractivity contribution is -0.122. The molecule has 3 aliphatic heterocycles. The Labute approximate surface area is 181 Å². The minimum absolute atomic E-state index is 0.0557. The number of ether oxygens (including phenoxy) is 2. The molecular weight excluding hydrogens is 394 g/mol. The van der Waals surface area contributed by atoms with Crippen LogP contribution in [0.25, 0.3) is 0 Å². The van der Waals surface area contributed by atoms with Crippen molar-refractivity contribution in [3.8, 4) is 11.5 Å². The average molecular weight is 421 g/mol. The summed E-state index contributed by atoms with van der Waals surface area (Å²) in [5.74, 6) is 0.744. The van der Waals surface area contributed by atoms with E-state index in [1.54, 1.807) is 17.0 Å². The van der Waals surface area contributed by atoms with E-state index in [9.17, 15) is 9.59 Å². The molecule has 0 saturated carbocycles. The first kappa shape index (κ1) is 19.7. The maximum absolute atomic E-state index is 13.1. The fourth-order valence-electron chi connectivity index (χ4n) is 4.59. The maximum atomic E-state index is 13.1. The molecule has 2 saturated heterocycles. The van der Waals surface area contributed by atoms with Gasteiger partial charge in [-0.15, -0.1) is 0 Å². The lowest BCUT2D eigenvalue weighted by Gasteiger charge is -2.26. The Morgan fingerprint density at radius 1 is 0.968 bits per heavy atom. The molecule has 2 aromatic rings. The van der Waals surface area contributed by atoms with Crippen LogP contribution in [-0.2, 0) is 9.59 Å². The van der Waals surface area contributed by atoms with Gasteiger partial charge in [0.05, 0.1) is 17.3 Å². The van der Waals surface area contributed by atoms with Crippen LogP contribution in [0.15, 0.2) is 42.5 Å². The number of benzene rings is 2. The van der Waals surface area contributed by atoms with Crippen LogP contribution in [0.3, 0.4) is 0 Å². The van der Waals surface area contributed by atoms with E-state index in [0.717, 1.165) is 30.2 Å². The van der Waals surface area contributed by atoms with Crippen LogP contribution in [0.2, 0.25) is 0 Å². The van der Waals surface area contributed by atoms with Gasteiger partial charge in [0.2, 0.25) is 18.6 Å². The Bertz CT molecular complexity index is 985. The van der Waals surface area contributed by atoms with E-state index in [1.165, 1.54) is 25.7 Å². The highest BCUT2D eigenvalue weighted by Gasteiger charge is 2.36. The van der Waals surface area contributed by atoms with Crippen LogP contribution >= 0.6 is 0 Å². The number of amides is 2. The second-order valence-electron chi connectivity index (χ2n) is 8.35. The van der Waals surface area contributed by atoms with Gasteiger partial charge in [0, 0.05) is 37.8 Å². The molecule has 3 heterocycles. The fourth-order valence-corrected chi connectivity index (χ4v) is 4.59. The van der Waals surface area contributed by atoms with E-state index in [0.29, 0.717) is 18.0 Å². The second-order valence-corrected chi connectivity index (χ2v) is 8.35. The largest absolute Gasteiger partial charge is 0.454 e. The molecule has 3 aliphatic rings. The van der Waals surface area contributed by atoms with Crippen molar-refractivity contribution >= 4 is 28.9 Å². The highest BCUT2D eigenvalue weighted by Crippen LogP contribution is 2.37. The molecule has 1 unspecified atom stereocenters. The van der Waals surface area contributed by atoms with Gasteiger partial charge in [-0.05, 0) is 37.1 Å². The molecule has 0 radical (unpaired) electrons. The zero-order chi connectivity index (χ0) is 21.2. The first-order valence-electron chi connectivity index (χ1n) is 11.0. The molecule has 2 aromatic carbocycles. The lowest BCUT2D eigenvalue weighted by atomic mass is 10.1. The van der Waals surface area contributed by atoms with Crippen LogP contribution < -0.4 is 24.6 Å². The zero-order valence-electron chi connectivity index (χ0n) is 17.5. The molecule has 0 aromatic heterocycles. The number of rotatable bonds is 4. The molecule has 162 valence electrons. The van der Waals surface area contributed by atoms with Crippen molar-refractivity contribution in [2.24, 2.45) is 5.92 Å². The molecule has 0 aliphatic carbocycles. The number of carbonyl (C=O) groups is 2. The molecule has 1 N–H and O–H groups in total. The van der Waals surface area contributed by atoms with Crippen LogP contribution in [0.1, 0.15) is 32.1 Å². The minimum atomic E-state index is -0.393. The predicted molar refractivity (Wildman–Crippen MR) is 119 cm³/mol. The van der Waals surface area contributed by atoms with Gasteiger partial charge in [-0.2, -0.15) is 0 Å². The van der Waals surface area contributed by atoms with Crippen molar-refractivity contribution in [2.45, 2.75) is 32.1 Å². The smallest absolute Gasteiger partial charge is 0.231 e. The monoisotopic (exact) mass is 421 g/mol. The number of hydrogen-bond donors (Lipinski definition) is 1. The molecule has 7 heteroatoms. The molecule has 1 atom stereocenters. The summed E-state index contributed by atoms with van der Waals surface area (Å²) in [6.07, 6.45) is 5.05. The van der Waals surface area contributed by atoms with Crippen molar-refractivity contribution in [3.05, 3.63) is 42.5 Å². The summed E-state index contributed by atoms with van der Waals surface area (Å²) in [4.78, 5) is 29.8. The van der Waals surface area contributed by atoms with E-state index in [2.05, 4.69) is 16.3 Å². The van der Waals surface area contributed by atoms with Crippen LogP contribution in [0.5, 0.6) is 11.5 Å². The van der Waals surface area contributed by atoms with Gasteiger partial charge in [-0.3, -0.25) is 9.59 Å². The van der Waals surface area contributed by atoms with Crippen LogP contribution in [0, 0.1) is 5.92 Å². The summed E-state index contributed by atoms with van der Waals surface area (Å²) in [6.45, 7) is 2.56. The number of anilines is 3. The second kappa shape index (κ2) is 8.49. The Hall–Kier alpha value is -3.22.